The lowest BCUT2D eigenvalue weighted by molar-refractivity contribution is -0.113. The van der Waals surface area contributed by atoms with Crippen molar-refractivity contribution in [2.75, 3.05) is 12.0 Å². The minimum atomic E-state index is -0.566. The average Bonchev–Trinajstić information content (AvgIpc) is 2.84. The Labute approximate surface area is 156 Å². The number of methoxy groups -OCH3 is 1. The molecule has 0 aliphatic carbocycles. The maximum atomic E-state index is 12.6. The number of urea groups is 1. The van der Waals surface area contributed by atoms with Gasteiger partial charge in [0.2, 0.25) is 0 Å². The van der Waals surface area contributed by atoms with Gasteiger partial charge < -0.3 is 15.2 Å². The topological polar surface area (TPSA) is 78.9 Å². The molecule has 8 heteroatoms. The molecule has 0 bridgehead atoms. The molecule has 1 saturated heterocycles. The second kappa shape index (κ2) is 6.78. The Bertz CT molecular complexity index is 914. The van der Waals surface area contributed by atoms with Gasteiger partial charge in [-0.1, -0.05) is 17.7 Å². The quantitative estimate of drug-likeness (QED) is 0.579. The first-order valence-electron chi connectivity index (χ1n) is 7.10. The van der Waals surface area contributed by atoms with Crippen LogP contribution in [0.5, 0.6) is 11.5 Å². The van der Waals surface area contributed by atoms with E-state index in [9.17, 15) is 14.7 Å². The lowest BCUT2D eigenvalue weighted by Gasteiger charge is -2.11. The van der Waals surface area contributed by atoms with E-state index in [0.29, 0.717) is 20.7 Å². The van der Waals surface area contributed by atoms with Crippen LogP contribution in [0.25, 0.3) is 6.08 Å². The number of nitrogens with one attached hydrogen (secondary N) is 1. The van der Waals surface area contributed by atoms with Crippen LogP contribution in [0.4, 0.5) is 10.5 Å². The number of phenolic OH excluding ortho intramolecular Hbond substituents is 1. The number of halogens is 2. The van der Waals surface area contributed by atoms with Gasteiger partial charge in [0.1, 0.15) is 5.70 Å². The number of phenols is 1. The van der Waals surface area contributed by atoms with Crippen molar-refractivity contribution >= 4 is 51.2 Å². The van der Waals surface area contributed by atoms with Crippen LogP contribution in [-0.2, 0) is 4.79 Å². The zero-order valence-electron chi connectivity index (χ0n) is 12.9. The number of amides is 3. The fourth-order valence-corrected chi connectivity index (χ4v) is 3.03. The molecule has 1 aliphatic heterocycles. The van der Waals surface area contributed by atoms with Gasteiger partial charge in [0.05, 0.1) is 17.3 Å². The van der Waals surface area contributed by atoms with Crippen molar-refractivity contribution in [3.05, 3.63) is 57.2 Å². The number of hydrogen-bond donors (Lipinski definition) is 2. The monoisotopic (exact) mass is 422 g/mol. The molecule has 3 amide bonds. The van der Waals surface area contributed by atoms with Gasteiger partial charge in [0.15, 0.2) is 11.5 Å². The van der Waals surface area contributed by atoms with Crippen LogP contribution in [0.15, 0.2) is 46.6 Å². The third-order valence-electron chi connectivity index (χ3n) is 3.53. The summed E-state index contributed by atoms with van der Waals surface area (Å²) in [5, 5.41) is 12.8. The van der Waals surface area contributed by atoms with Crippen molar-refractivity contribution < 1.29 is 19.4 Å². The van der Waals surface area contributed by atoms with Gasteiger partial charge in [-0.25, -0.2) is 9.69 Å². The Morgan fingerprint density at radius 3 is 2.72 bits per heavy atom. The summed E-state index contributed by atoms with van der Waals surface area (Å²) in [6.07, 6.45) is 1.50. The van der Waals surface area contributed by atoms with Gasteiger partial charge in [0, 0.05) is 5.02 Å². The van der Waals surface area contributed by atoms with Crippen molar-refractivity contribution in [1.82, 2.24) is 5.32 Å². The van der Waals surface area contributed by atoms with E-state index in [1.807, 2.05) is 0 Å². The second-order valence-electron chi connectivity index (χ2n) is 5.16. The number of aromatic hydroxyl groups is 1. The fraction of sp³-hybridized carbons (Fsp3) is 0.0588. The number of rotatable bonds is 3. The third-order valence-corrected chi connectivity index (χ3v) is 4.37. The van der Waals surface area contributed by atoms with E-state index in [-0.39, 0.29) is 17.2 Å². The SMILES string of the molecule is COc1cc(/C=C2\NC(=O)N(c3cccc(Cl)c3)C2=O)cc(Br)c1O. The summed E-state index contributed by atoms with van der Waals surface area (Å²) in [5.74, 6) is -0.313. The molecule has 0 saturated carbocycles. The summed E-state index contributed by atoms with van der Waals surface area (Å²) in [7, 11) is 1.42. The highest BCUT2D eigenvalue weighted by Gasteiger charge is 2.35. The Balaban J connectivity index is 1.97. The first kappa shape index (κ1) is 17.3. The average molecular weight is 424 g/mol. The van der Waals surface area contributed by atoms with Crippen LogP contribution in [-0.4, -0.2) is 24.2 Å². The van der Waals surface area contributed by atoms with Crippen molar-refractivity contribution in [2.45, 2.75) is 0 Å². The molecule has 25 heavy (non-hydrogen) atoms. The first-order chi connectivity index (χ1) is 11.9. The van der Waals surface area contributed by atoms with E-state index in [1.54, 1.807) is 30.3 Å². The van der Waals surface area contributed by atoms with Crippen molar-refractivity contribution in [1.29, 1.82) is 0 Å². The number of hydrogen-bond acceptors (Lipinski definition) is 4. The number of carbonyl (C=O) groups excluding carboxylic acids is 2. The summed E-state index contributed by atoms with van der Waals surface area (Å²) >= 11 is 9.14. The molecule has 128 valence electrons. The molecule has 3 rings (SSSR count). The molecule has 2 aromatic carbocycles. The smallest absolute Gasteiger partial charge is 0.333 e. The predicted octanol–water partition coefficient (Wildman–Crippen LogP) is 3.91. The molecular weight excluding hydrogens is 412 g/mol. The molecular formula is C17H12BrClN2O4. The highest BCUT2D eigenvalue weighted by molar-refractivity contribution is 9.10. The molecule has 1 heterocycles. The highest BCUT2D eigenvalue weighted by Crippen LogP contribution is 2.36. The molecule has 6 nitrogen and oxygen atoms in total. The van der Waals surface area contributed by atoms with E-state index in [2.05, 4.69) is 21.2 Å². The van der Waals surface area contributed by atoms with Crippen LogP contribution in [0.3, 0.4) is 0 Å². The molecule has 2 aromatic rings. The van der Waals surface area contributed by atoms with E-state index in [1.165, 1.54) is 19.3 Å². The lowest BCUT2D eigenvalue weighted by Crippen LogP contribution is -2.30. The predicted molar refractivity (Wildman–Crippen MR) is 97.8 cm³/mol. The molecule has 0 atom stereocenters. The molecule has 1 aliphatic rings. The van der Waals surface area contributed by atoms with Gasteiger partial charge in [-0.15, -0.1) is 0 Å². The van der Waals surface area contributed by atoms with E-state index in [4.69, 9.17) is 16.3 Å². The van der Waals surface area contributed by atoms with Gasteiger partial charge in [-0.2, -0.15) is 0 Å². The minimum absolute atomic E-state index is 0.0491. The van der Waals surface area contributed by atoms with Crippen LogP contribution >= 0.6 is 27.5 Å². The highest BCUT2D eigenvalue weighted by atomic mass is 79.9. The summed E-state index contributed by atoms with van der Waals surface area (Å²) in [5.41, 5.74) is 1.05. The Morgan fingerprint density at radius 2 is 2.04 bits per heavy atom. The van der Waals surface area contributed by atoms with E-state index >= 15 is 0 Å². The van der Waals surface area contributed by atoms with Gasteiger partial charge in [0.25, 0.3) is 5.91 Å². The number of imide groups is 1. The summed E-state index contributed by atoms with van der Waals surface area (Å²) in [6, 6.07) is 9.04. The van der Waals surface area contributed by atoms with Gasteiger partial charge in [-0.3, -0.25) is 4.79 Å². The Kier molecular flexibility index (Phi) is 4.69. The Morgan fingerprint density at radius 1 is 1.28 bits per heavy atom. The Hall–Kier alpha value is -2.51. The number of nitrogens with zero attached hydrogens (tertiary/aromatic N) is 1. The number of carbonyl (C=O) groups is 2. The maximum absolute atomic E-state index is 12.6. The first-order valence-corrected chi connectivity index (χ1v) is 8.27. The molecule has 0 spiro atoms. The van der Waals surface area contributed by atoms with Crippen LogP contribution in [0.1, 0.15) is 5.56 Å². The lowest BCUT2D eigenvalue weighted by atomic mass is 10.1. The zero-order valence-corrected chi connectivity index (χ0v) is 15.3. The third kappa shape index (κ3) is 3.33. The molecule has 0 radical (unpaired) electrons. The van der Waals surface area contributed by atoms with E-state index in [0.717, 1.165) is 4.90 Å². The standard InChI is InChI=1S/C17H12BrClN2O4/c1-25-14-7-9(5-12(18)15(14)22)6-13-16(23)21(17(24)20-13)11-4-2-3-10(19)8-11/h2-8,22H,1H3,(H,20,24)/b13-6-. The van der Waals surface area contributed by atoms with Crippen LogP contribution in [0, 0.1) is 0 Å². The van der Waals surface area contributed by atoms with Crippen molar-refractivity contribution in [3.63, 3.8) is 0 Å². The molecule has 0 aromatic heterocycles. The van der Waals surface area contributed by atoms with Gasteiger partial charge in [-0.05, 0) is 57.9 Å². The summed E-state index contributed by atoms with van der Waals surface area (Å²) in [6.45, 7) is 0. The minimum Gasteiger partial charge on any atom is -0.503 e. The number of ether oxygens (including phenoxy) is 1. The van der Waals surface area contributed by atoms with Gasteiger partial charge >= 0.3 is 6.03 Å². The number of benzene rings is 2. The van der Waals surface area contributed by atoms with Crippen LogP contribution < -0.4 is 15.0 Å². The largest absolute Gasteiger partial charge is 0.503 e. The maximum Gasteiger partial charge on any atom is 0.333 e. The molecule has 0 unspecified atom stereocenters. The fourth-order valence-electron chi connectivity index (χ4n) is 2.38. The summed E-state index contributed by atoms with van der Waals surface area (Å²) < 4.78 is 5.48. The molecule has 2 N–H and O–H groups in total. The number of anilines is 1. The summed E-state index contributed by atoms with van der Waals surface area (Å²) in [4.78, 5) is 25.8. The second-order valence-corrected chi connectivity index (χ2v) is 6.45. The van der Waals surface area contributed by atoms with Crippen LogP contribution in [0.2, 0.25) is 5.02 Å². The molecule has 1 fully saturated rings. The normalized spacial score (nSPS) is 15.6. The van der Waals surface area contributed by atoms with Crippen molar-refractivity contribution in [3.8, 4) is 11.5 Å². The zero-order chi connectivity index (χ0) is 18.1. The van der Waals surface area contributed by atoms with Crippen molar-refractivity contribution in [2.24, 2.45) is 0 Å². The van der Waals surface area contributed by atoms with E-state index < -0.39 is 11.9 Å².